The van der Waals surface area contributed by atoms with E-state index in [1.807, 2.05) is 26.0 Å². The van der Waals surface area contributed by atoms with Crippen molar-refractivity contribution in [3.63, 3.8) is 0 Å². The quantitative estimate of drug-likeness (QED) is 0.600. The molecule has 2 aromatic rings. The van der Waals surface area contributed by atoms with Gasteiger partial charge in [-0.25, -0.2) is 9.97 Å². The lowest BCUT2D eigenvalue weighted by Gasteiger charge is -2.04. The highest BCUT2D eigenvalue weighted by Crippen LogP contribution is 2.24. The van der Waals surface area contributed by atoms with Gasteiger partial charge < -0.3 is 0 Å². The van der Waals surface area contributed by atoms with Gasteiger partial charge in [-0.05, 0) is 25.0 Å². The van der Waals surface area contributed by atoms with Crippen molar-refractivity contribution in [1.82, 2.24) is 9.97 Å². The van der Waals surface area contributed by atoms with Gasteiger partial charge in [0.25, 0.3) is 0 Å². The molecule has 2 rings (SSSR count). The fraction of sp³-hybridized carbons (Fsp3) is 0.200. The maximum atomic E-state index is 5.98. The summed E-state index contributed by atoms with van der Waals surface area (Å²) in [6.45, 7) is 4.03. The monoisotopic (exact) mass is 192 g/mol. The standard InChI is InChI=1S/C10H9ClN2/c1-6-3-4-7(2)9-8(6)10(11)13-5-12-9/h3-5H,1-2H3. The zero-order valence-electron chi connectivity index (χ0n) is 7.50. The molecule has 66 valence electrons. The molecule has 13 heavy (non-hydrogen) atoms. The fourth-order valence-corrected chi connectivity index (χ4v) is 1.71. The molecule has 0 aliphatic carbocycles. The molecule has 0 aliphatic rings. The lowest BCUT2D eigenvalue weighted by Crippen LogP contribution is -1.89. The van der Waals surface area contributed by atoms with E-state index in [1.165, 1.54) is 6.33 Å². The minimum absolute atomic E-state index is 0.534. The minimum Gasteiger partial charge on any atom is -0.236 e. The molecule has 2 nitrogen and oxygen atoms in total. The van der Waals surface area contributed by atoms with Gasteiger partial charge in [0.15, 0.2) is 0 Å². The van der Waals surface area contributed by atoms with E-state index >= 15 is 0 Å². The van der Waals surface area contributed by atoms with Crippen LogP contribution in [0.3, 0.4) is 0 Å². The van der Waals surface area contributed by atoms with Crippen molar-refractivity contribution in [2.75, 3.05) is 0 Å². The van der Waals surface area contributed by atoms with Crippen molar-refractivity contribution < 1.29 is 0 Å². The molecule has 1 heterocycles. The van der Waals surface area contributed by atoms with Crippen LogP contribution < -0.4 is 0 Å². The van der Waals surface area contributed by atoms with Crippen LogP contribution in [-0.2, 0) is 0 Å². The Balaban J connectivity index is 3.00. The van der Waals surface area contributed by atoms with E-state index in [9.17, 15) is 0 Å². The Hall–Kier alpha value is -1.15. The highest BCUT2D eigenvalue weighted by atomic mass is 35.5. The first-order chi connectivity index (χ1) is 6.20. The van der Waals surface area contributed by atoms with Crippen LogP contribution in [0.2, 0.25) is 5.15 Å². The first kappa shape index (κ1) is 8.45. The van der Waals surface area contributed by atoms with Crippen LogP contribution in [0.25, 0.3) is 10.9 Å². The molecule has 0 N–H and O–H groups in total. The molecule has 1 aromatic carbocycles. The second-order valence-corrected chi connectivity index (χ2v) is 3.45. The van der Waals surface area contributed by atoms with Crippen LogP contribution in [0.5, 0.6) is 0 Å². The van der Waals surface area contributed by atoms with Gasteiger partial charge in [0.2, 0.25) is 0 Å². The fourth-order valence-electron chi connectivity index (χ4n) is 1.42. The average Bonchev–Trinajstić information content (AvgIpc) is 2.12. The van der Waals surface area contributed by atoms with Crippen molar-refractivity contribution in [2.24, 2.45) is 0 Å². The van der Waals surface area contributed by atoms with Crippen molar-refractivity contribution in [3.05, 3.63) is 34.7 Å². The molecule has 0 fully saturated rings. The maximum absolute atomic E-state index is 5.98. The Kier molecular flexibility index (Phi) is 1.93. The van der Waals surface area contributed by atoms with Gasteiger partial charge in [0, 0.05) is 5.39 Å². The molecular formula is C10H9ClN2. The first-order valence-electron chi connectivity index (χ1n) is 4.06. The number of aromatic nitrogens is 2. The highest BCUT2D eigenvalue weighted by molar-refractivity contribution is 6.34. The SMILES string of the molecule is Cc1ccc(C)c2c(Cl)ncnc12. The van der Waals surface area contributed by atoms with Crippen LogP contribution >= 0.6 is 11.6 Å². The molecule has 3 heteroatoms. The number of halogens is 1. The number of benzene rings is 1. The predicted octanol–water partition coefficient (Wildman–Crippen LogP) is 2.90. The predicted molar refractivity (Wildman–Crippen MR) is 54.0 cm³/mol. The van der Waals surface area contributed by atoms with Crippen LogP contribution in [0.15, 0.2) is 18.5 Å². The van der Waals surface area contributed by atoms with E-state index in [1.54, 1.807) is 0 Å². The molecule has 0 aliphatic heterocycles. The van der Waals surface area contributed by atoms with Crippen molar-refractivity contribution in [1.29, 1.82) is 0 Å². The summed E-state index contributed by atoms with van der Waals surface area (Å²) in [6, 6.07) is 4.08. The van der Waals surface area contributed by atoms with Crippen molar-refractivity contribution in [3.8, 4) is 0 Å². The normalized spacial score (nSPS) is 10.7. The average molecular weight is 193 g/mol. The summed E-state index contributed by atoms with van der Waals surface area (Å²) in [5.41, 5.74) is 3.19. The Labute approximate surface area is 81.6 Å². The number of hydrogen-bond acceptors (Lipinski definition) is 2. The third-order valence-electron chi connectivity index (χ3n) is 2.15. The van der Waals surface area contributed by atoms with Crippen molar-refractivity contribution >= 4 is 22.5 Å². The van der Waals surface area contributed by atoms with E-state index in [2.05, 4.69) is 9.97 Å². The van der Waals surface area contributed by atoms with E-state index in [0.29, 0.717) is 5.15 Å². The van der Waals surface area contributed by atoms with Crippen molar-refractivity contribution in [2.45, 2.75) is 13.8 Å². The number of rotatable bonds is 0. The lowest BCUT2D eigenvalue weighted by molar-refractivity contribution is 1.20. The largest absolute Gasteiger partial charge is 0.236 e. The first-order valence-corrected chi connectivity index (χ1v) is 4.44. The zero-order valence-corrected chi connectivity index (χ0v) is 8.26. The van der Waals surface area contributed by atoms with Gasteiger partial charge in [-0.3, -0.25) is 0 Å². The van der Waals surface area contributed by atoms with Gasteiger partial charge in [-0.2, -0.15) is 0 Å². The van der Waals surface area contributed by atoms with Gasteiger partial charge in [-0.15, -0.1) is 0 Å². The molecule has 0 bridgehead atoms. The summed E-state index contributed by atoms with van der Waals surface area (Å²) in [5.74, 6) is 0. The zero-order chi connectivity index (χ0) is 9.42. The highest BCUT2D eigenvalue weighted by Gasteiger charge is 2.05. The molecule has 0 radical (unpaired) electrons. The summed E-state index contributed by atoms with van der Waals surface area (Å²) in [6.07, 6.45) is 1.50. The second kappa shape index (κ2) is 2.96. The number of nitrogens with zero attached hydrogens (tertiary/aromatic N) is 2. The van der Waals surface area contributed by atoms with E-state index < -0.39 is 0 Å². The summed E-state index contributed by atoms with van der Waals surface area (Å²) in [4.78, 5) is 8.17. The Morgan fingerprint density at radius 2 is 1.77 bits per heavy atom. The Bertz CT molecular complexity index is 457. The maximum Gasteiger partial charge on any atom is 0.140 e. The topological polar surface area (TPSA) is 25.8 Å². The molecule has 0 unspecified atom stereocenters. The summed E-state index contributed by atoms with van der Waals surface area (Å²) in [5, 5.41) is 1.50. The minimum atomic E-state index is 0.534. The van der Waals surface area contributed by atoms with Crippen LogP contribution in [0.4, 0.5) is 0 Å². The Morgan fingerprint density at radius 1 is 1.08 bits per heavy atom. The lowest BCUT2D eigenvalue weighted by atomic mass is 10.1. The van der Waals surface area contributed by atoms with E-state index in [-0.39, 0.29) is 0 Å². The number of aryl methyl sites for hydroxylation is 2. The number of hydrogen-bond donors (Lipinski definition) is 0. The van der Waals surface area contributed by atoms with E-state index in [0.717, 1.165) is 22.0 Å². The van der Waals surface area contributed by atoms with Crippen LogP contribution in [-0.4, -0.2) is 9.97 Å². The van der Waals surface area contributed by atoms with Gasteiger partial charge >= 0.3 is 0 Å². The smallest absolute Gasteiger partial charge is 0.140 e. The van der Waals surface area contributed by atoms with E-state index in [4.69, 9.17) is 11.6 Å². The molecule has 1 aromatic heterocycles. The summed E-state index contributed by atoms with van der Waals surface area (Å²) in [7, 11) is 0. The third-order valence-corrected chi connectivity index (χ3v) is 2.44. The second-order valence-electron chi connectivity index (χ2n) is 3.09. The van der Waals surface area contributed by atoms with Crippen LogP contribution in [0, 0.1) is 13.8 Å². The Morgan fingerprint density at radius 3 is 2.46 bits per heavy atom. The molecule has 0 saturated heterocycles. The van der Waals surface area contributed by atoms with Gasteiger partial charge in [-0.1, -0.05) is 23.7 Å². The molecule has 0 saturated carbocycles. The molecule has 0 atom stereocenters. The third kappa shape index (κ3) is 1.27. The summed E-state index contributed by atoms with van der Waals surface area (Å²) < 4.78 is 0. The van der Waals surface area contributed by atoms with Crippen LogP contribution in [0.1, 0.15) is 11.1 Å². The van der Waals surface area contributed by atoms with Gasteiger partial charge in [0.1, 0.15) is 11.5 Å². The molecule has 0 spiro atoms. The molecule has 0 amide bonds. The molecular weight excluding hydrogens is 184 g/mol. The van der Waals surface area contributed by atoms with Gasteiger partial charge in [0.05, 0.1) is 5.52 Å². The summed E-state index contributed by atoms with van der Waals surface area (Å²) >= 11 is 5.98. The number of fused-ring (bicyclic) bond motifs is 1.